The second-order valence-corrected chi connectivity index (χ2v) is 10.8. The molecule has 152 valence electrons. The topological polar surface area (TPSA) is 66.5 Å². The minimum Gasteiger partial charge on any atom is -0.378 e. The molecule has 0 unspecified atom stereocenters. The first-order chi connectivity index (χ1) is 13.4. The summed E-state index contributed by atoms with van der Waals surface area (Å²) >= 11 is 1.21. The number of sulfone groups is 1. The van der Waals surface area contributed by atoms with Gasteiger partial charge in [-0.25, -0.2) is 8.42 Å². The lowest BCUT2D eigenvalue weighted by atomic mass is 9.88. The normalized spacial score (nSPS) is 16.5. The van der Waals surface area contributed by atoms with Crippen LogP contribution in [0.2, 0.25) is 0 Å². The molecule has 1 aliphatic carbocycles. The van der Waals surface area contributed by atoms with Crippen LogP contribution in [0.5, 0.6) is 0 Å². The Balaban J connectivity index is 1.83. The van der Waals surface area contributed by atoms with E-state index < -0.39 is 15.1 Å². The molecule has 0 bridgehead atoms. The number of benzene rings is 1. The van der Waals surface area contributed by atoms with E-state index >= 15 is 0 Å². The molecule has 5 nitrogen and oxygen atoms in total. The molecule has 0 spiro atoms. The van der Waals surface area contributed by atoms with Crippen LogP contribution in [-0.4, -0.2) is 35.0 Å². The summed E-state index contributed by atoms with van der Waals surface area (Å²) in [5, 5.41) is 3.90. The van der Waals surface area contributed by atoms with Crippen molar-refractivity contribution < 1.29 is 13.2 Å². The van der Waals surface area contributed by atoms with Crippen molar-refractivity contribution in [3.05, 3.63) is 47.3 Å². The highest BCUT2D eigenvalue weighted by molar-refractivity contribution is 7.93. The van der Waals surface area contributed by atoms with Crippen LogP contribution in [0.4, 0.5) is 5.69 Å². The fourth-order valence-corrected chi connectivity index (χ4v) is 6.53. The zero-order valence-corrected chi connectivity index (χ0v) is 18.1. The fraction of sp³-hybridized carbons (Fsp3) is 0.476. The summed E-state index contributed by atoms with van der Waals surface area (Å²) in [5.41, 5.74) is 1.70. The van der Waals surface area contributed by atoms with Crippen LogP contribution >= 0.6 is 11.3 Å². The largest absolute Gasteiger partial charge is 0.378 e. The van der Waals surface area contributed by atoms with E-state index in [-0.39, 0.29) is 18.4 Å². The fourth-order valence-electron chi connectivity index (χ4n) is 3.66. The number of hydrogen-bond acceptors (Lipinski definition) is 5. The Morgan fingerprint density at radius 3 is 2.39 bits per heavy atom. The predicted octanol–water partition coefficient (Wildman–Crippen LogP) is 4.03. The van der Waals surface area contributed by atoms with Gasteiger partial charge in [0.25, 0.3) is 0 Å². The van der Waals surface area contributed by atoms with Gasteiger partial charge in [-0.2, -0.15) is 0 Å². The Morgan fingerprint density at radius 2 is 1.82 bits per heavy atom. The summed E-state index contributed by atoms with van der Waals surface area (Å²) in [6, 6.07) is 10.9. The number of nitrogens with one attached hydrogen (secondary N) is 1. The van der Waals surface area contributed by atoms with Gasteiger partial charge in [0, 0.05) is 32.2 Å². The van der Waals surface area contributed by atoms with E-state index in [9.17, 15) is 13.2 Å². The molecule has 0 radical (unpaired) electrons. The van der Waals surface area contributed by atoms with E-state index in [2.05, 4.69) is 5.32 Å². The van der Waals surface area contributed by atoms with E-state index in [0.717, 1.165) is 31.4 Å². The molecule has 0 aliphatic heterocycles. The van der Waals surface area contributed by atoms with Crippen molar-refractivity contribution in [2.24, 2.45) is 5.92 Å². The molecular weight excluding hydrogens is 392 g/mol. The van der Waals surface area contributed by atoms with Crippen LogP contribution in [0.25, 0.3) is 0 Å². The zero-order valence-electron chi connectivity index (χ0n) is 16.4. The molecule has 1 N–H and O–H groups in total. The number of carbonyl (C=O) groups excluding carboxylic acids is 1. The van der Waals surface area contributed by atoms with E-state index in [1.54, 1.807) is 17.5 Å². The summed E-state index contributed by atoms with van der Waals surface area (Å²) in [6.07, 6.45) is 5.11. The first-order valence-electron chi connectivity index (χ1n) is 9.72. The molecule has 28 heavy (non-hydrogen) atoms. The molecule has 7 heteroatoms. The Kier molecular flexibility index (Phi) is 6.78. The minimum absolute atomic E-state index is 0.00922. The predicted molar refractivity (Wildman–Crippen MR) is 115 cm³/mol. The summed E-state index contributed by atoms with van der Waals surface area (Å²) in [5.74, 6) is -0.00838. The smallest absolute Gasteiger partial charge is 0.223 e. The maximum Gasteiger partial charge on any atom is 0.223 e. The van der Waals surface area contributed by atoms with E-state index in [4.69, 9.17) is 0 Å². The van der Waals surface area contributed by atoms with Crippen LogP contribution in [0.3, 0.4) is 0 Å². The van der Waals surface area contributed by atoms with E-state index in [1.807, 2.05) is 43.3 Å². The number of rotatable bonds is 7. The van der Waals surface area contributed by atoms with Crippen LogP contribution in [0, 0.1) is 5.92 Å². The highest BCUT2D eigenvalue weighted by atomic mass is 32.2. The molecular formula is C21H28N2O3S2. The van der Waals surface area contributed by atoms with Gasteiger partial charge in [0.05, 0.1) is 0 Å². The molecule has 1 fully saturated rings. The second kappa shape index (κ2) is 9.09. The molecule has 2 aromatic rings. The Labute approximate surface area is 171 Å². The van der Waals surface area contributed by atoms with Crippen molar-refractivity contribution in [3.63, 3.8) is 0 Å². The third kappa shape index (κ3) is 4.75. The van der Waals surface area contributed by atoms with Gasteiger partial charge in [0.15, 0.2) is 9.84 Å². The van der Waals surface area contributed by atoms with Gasteiger partial charge in [-0.1, -0.05) is 37.5 Å². The minimum atomic E-state index is -3.58. The first kappa shape index (κ1) is 20.9. The molecule has 1 saturated carbocycles. The van der Waals surface area contributed by atoms with Gasteiger partial charge in [-0.15, -0.1) is 11.3 Å². The molecule has 1 amide bonds. The van der Waals surface area contributed by atoms with E-state index in [1.165, 1.54) is 17.8 Å². The van der Waals surface area contributed by atoms with Gasteiger partial charge >= 0.3 is 0 Å². The second-order valence-electron chi connectivity index (χ2n) is 7.53. The van der Waals surface area contributed by atoms with Crippen LogP contribution in [0.15, 0.2) is 46.0 Å². The molecule has 0 saturated heterocycles. The quantitative estimate of drug-likeness (QED) is 0.734. The molecule has 3 rings (SSSR count). The van der Waals surface area contributed by atoms with Crippen molar-refractivity contribution in [1.29, 1.82) is 0 Å². The van der Waals surface area contributed by atoms with Crippen molar-refractivity contribution in [3.8, 4) is 0 Å². The van der Waals surface area contributed by atoms with Crippen LogP contribution in [-0.2, 0) is 14.6 Å². The van der Waals surface area contributed by atoms with E-state index in [0.29, 0.717) is 9.77 Å². The summed E-state index contributed by atoms with van der Waals surface area (Å²) in [7, 11) is 0.307. The summed E-state index contributed by atoms with van der Waals surface area (Å²) in [6.45, 7) is 0.0941. The zero-order chi connectivity index (χ0) is 20.1. The lowest BCUT2D eigenvalue weighted by Gasteiger charge is -2.23. The lowest BCUT2D eigenvalue weighted by Crippen LogP contribution is -2.36. The molecule has 1 atom stereocenters. The average Bonchev–Trinajstić information content (AvgIpc) is 3.24. The molecule has 1 aromatic heterocycles. The van der Waals surface area contributed by atoms with Gasteiger partial charge in [-0.05, 0) is 42.0 Å². The Hall–Kier alpha value is -1.86. The first-order valence-corrected chi connectivity index (χ1v) is 12.1. The average molecular weight is 421 g/mol. The number of amides is 1. The highest BCUT2D eigenvalue weighted by Crippen LogP contribution is 2.32. The van der Waals surface area contributed by atoms with Crippen LogP contribution < -0.4 is 10.2 Å². The third-order valence-corrected chi connectivity index (χ3v) is 8.90. The maximum absolute atomic E-state index is 13.3. The van der Waals surface area contributed by atoms with Gasteiger partial charge in [0.1, 0.15) is 9.46 Å². The molecule has 1 aromatic carbocycles. The Bertz CT molecular complexity index is 869. The number of hydrogen-bond donors (Lipinski definition) is 1. The summed E-state index contributed by atoms with van der Waals surface area (Å²) < 4.78 is 26.8. The van der Waals surface area contributed by atoms with Crippen molar-refractivity contribution in [2.45, 2.75) is 41.6 Å². The molecule has 1 heterocycles. The van der Waals surface area contributed by atoms with Crippen molar-refractivity contribution in [2.75, 3.05) is 25.5 Å². The molecule has 1 aliphatic rings. The number of anilines is 1. The lowest BCUT2D eigenvalue weighted by molar-refractivity contribution is -0.125. The standard InChI is InChI=1S/C21H28N2O3S2/c1-23(2)18-12-10-16(11-13-18)19(28(25,26)20-9-6-14-27-20)15-22-21(24)17-7-4-3-5-8-17/h6,9-14,17,19H,3-5,7-8,15H2,1-2H3,(H,22,24)/t19-/m1/s1. The highest BCUT2D eigenvalue weighted by Gasteiger charge is 2.31. The summed E-state index contributed by atoms with van der Waals surface area (Å²) in [4.78, 5) is 14.6. The SMILES string of the molecule is CN(C)c1ccc([C@@H](CNC(=O)C2CCCCC2)S(=O)(=O)c2cccs2)cc1. The number of carbonyl (C=O) groups is 1. The number of nitrogens with zero attached hydrogens (tertiary/aromatic N) is 1. The third-order valence-electron chi connectivity index (χ3n) is 5.37. The van der Waals surface area contributed by atoms with Crippen molar-refractivity contribution in [1.82, 2.24) is 5.32 Å². The van der Waals surface area contributed by atoms with Crippen LogP contribution in [0.1, 0.15) is 42.9 Å². The number of thiophene rings is 1. The van der Waals surface area contributed by atoms with Gasteiger partial charge < -0.3 is 10.2 Å². The maximum atomic E-state index is 13.3. The Morgan fingerprint density at radius 1 is 1.14 bits per heavy atom. The monoisotopic (exact) mass is 420 g/mol. The van der Waals surface area contributed by atoms with Gasteiger partial charge in [0.2, 0.25) is 5.91 Å². The van der Waals surface area contributed by atoms with Crippen molar-refractivity contribution >= 4 is 32.8 Å². The van der Waals surface area contributed by atoms with Gasteiger partial charge in [-0.3, -0.25) is 4.79 Å².